The lowest BCUT2D eigenvalue weighted by molar-refractivity contribution is -0.889. The van der Waals surface area contributed by atoms with Crippen molar-refractivity contribution in [2.75, 3.05) is 41.0 Å². The fraction of sp³-hybridized carbons (Fsp3) is 0.759. The summed E-state index contributed by atoms with van der Waals surface area (Å²) in [7, 11) is 5.40. The maximum absolute atomic E-state index is 12.7. The summed E-state index contributed by atoms with van der Waals surface area (Å²) in [5.74, 6) is -1.79. The quantitative estimate of drug-likeness (QED) is 0.0260. The van der Waals surface area contributed by atoms with Crippen LogP contribution in [0.4, 0.5) is 0 Å². The highest BCUT2D eigenvalue weighted by Crippen LogP contribution is 2.15. The number of quaternary nitrogens is 1. The Morgan fingerprint density at radius 3 is 1.39 bits per heavy atom. The van der Waals surface area contributed by atoms with Gasteiger partial charge in [0.1, 0.15) is 12.6 Å². The molecule has 8 nitrogen and oxygen atoms in total. The van der Waals surface area contributed by atoms with E-state index in [1.807, 2.05) is 0 Å². The van der Waals surface area contributed by atoms with Crippen LogP contribution in [0.5, 0.6) is 0 Å². The smallest absolute Gasteiger partial charge is 0.306 e. The predicted molar refractivity (Wildman–Crippen MR) is 259 cm³/mol. The molecule has 62 heavy (non-hydrogen) atoms. The van der Waals surface area contributed by atoms with E-state index < -0.39 is 18.1 Å². The van der Waals surface area contributed by atoms with Gasteiger partial charge in [-0.05, 0) is 77.0 Å². The third-order valence-corrected chi connectivity index (χ3v) is 11.1. The minimum absolute atomic E-state index is 0.0225. The zero-order valence-electron chi connectivity index (χ0n) is 40.8. The van der Waals surface area contributed by atoms with E-state index in [2.05, 4.69) is 74.6 Å². The molecule has 0 saturated heterocycles. The lowest BCUT2D eigenvalue weighted by atomic mass is 10.0. The number of likely N-dealkylation sites (N-methyl/N-ethyl adjacent to an activating group) is 1. The summed E-state index contributed by atoms with van der Waals surface area (Å²) in [6.45, 7) is 4.51. The third kappa shape index (κ3) is 42.3. The normalized spacial score (nSPS) is 13.4. The molecule has 0 aromatic heterocycles. The van der Waals surface area contributed by atoms with Gasteiger partial charge in [-0.3, -0.25) is 9.59 Å². The van der Waals surface area contributed by atoms with Crippen LogP contribution < -0.4 is 5.11 Å². The number of carbonyl (C=O) groups is 3. The van der Waals surface area contributed by atoms with Gasteiger partial charge in [0.2, 0.25) is 0 Å². The molecule has 358 valence electrons. The molecular formula is C54H95NO7. The van der Waals surface area contributed by atoms with Gasteiger partial charge in [-0.1, -0.05) is 177 Å². The van der Waals surface area contributed by atoms with Crippen molar-refractivity contribution in [1.29, 1.82) is 0 Å². The topological polar surface area (TPSA) is 102 Å². The molecule has 0 aromatic rings. The number of allylic oxidation sites excluding steroid dienone is 10. The first kappa shape index (κ1) is 59.0. The second kappa shape index (κ2) is 44.6. The number of ether oxygens (including phenoxy) is 3. The van der Waals surface area contributed by atoms with E-state index in [4.69, 9.17) is 14.2 Å². The van der Waals surface area contributed by atoms with Crippen molar-refractivity contribution in [1.82, 2.24) is 0 Å². The second-order valence-electron chi connectivity index (χ2n) is 18.0. The molecule has 0 aliphatic carbocycles. The Balaban J connectivity index is 4.24. The van der Waals surface area contributed by atoms with Gasteiger partial charge in [0.05, 0.1) is 40.3 Å². The Bertz CT molecular complexity index is 1200. The highest BCUT2D eigenvalue weighted by molar-refractivity contribution is 5.70. The van der Waals surface area contributed by atoms with Crippen LogP contribution in [0.1, 0.15) is 213 Å². The molecule has 0 spiro atoms. The molecule has 2 atom stereocenters. The van der Waals surface area contributed by atoms with E-state index in [1.54, 1.807) is 21.1 Å². The summed E-state index contributed by atoms with van der Waals surface area (Å²) in [5.41, 5.74) is 0. The fourth-order valence-electron chi connectivity index (χ4n) is 7.23. The number of nitrogens with zero attached hydrogens (tertiary/aromatic N) is 1. The lowest BCUT2D eigenvalue weighted by Gasteiger charge is -2.34. The zero-order chi connectivity index (χ0) is 45.6. The first-order valence-corrected chi connectivity index (χ1v) is 25.3. The van der Waals surface area contributed by atoms with Crippen molar-refractivity contribution in [3.05, 3.63) is 60.8 Å². The first-order valence-electron chi connectivity index (χ1n) is 25.3. The molecule has 8 heteroatoms. The lowest BCUT2D eigenvalue weighted by Crippen LogP contribution is -2.55. The Hall–Kier alpha value is -2.97. The predicted octanol–water partition coefficient (Wildman–Crippen LogP) is 13.2. The Labute approximate surface area is 381 Å². The Morgan fingerprint density at radius 1 is 0.500 bits per heavy atom. The Kier molecular flexibility index (Phi) is 42.5. The van der Waals surface area contributed by atoms with Gasteiger partial charge in [-0.2, -0.15) is 0 Å². The van der Waals surface area contributed by atoms with Gasteiger partial charge in [-0.15, -0.1) is 0 Å². The molecule has 0 rings (SSSR count). The van der Waals surface area contributed by atoms with E-state index in [0.717, 1.165) is 57.8 Å². The number of hydrogen-bond acceptors (Lipinski definition) is 7. The van der Waals surface area contributed by atoms with Crippen molar-refractivity contribution in [3.63, 3.8) is 0 Å². The van der Waals surface area contributed by atoms with Gasteiger partial charge in [0.25, 0.3) is 0 Å². The SMILES string of the molecule is CC/C=C\C/C=C\C/C=C\C/C=C\CCCCC(=O)OC(COCCC(C(=O)[O-])[N+](C)(C)C)COC(=O)CCCCCCCCCCCCC/C=C\CCCCCCCCCC. The standard InChI is InChI=1S/C54H95NO7/c1-6-8-10-12-14-16-18-20-22-23-24-25-26-27-28-29-31-32-34-36-38-40-42-44-52(56)61-49-50(48-60-47-46-51(54(58)59)55(3,4)5)62-53(57)45-43-41-39-37-35-33-30-21-19-17-15-13-11-9-7-2/h9,11,15,17,21,23-24,30,35,37,50-51H,6-8,10,12-14,16,18-20,22,25-29,31-34,36,38-49H2,1-5H3/b11-9-,17-15-,24-23-,30-21-,37-35-. The number of unbranched alkanes of at least 4 members (excludes halogenated alkanes) is 21. The van der Waals surface area contributed by atoms with Gasteiger partial charge < -0.3 is 28.6 Å². The van der Waals surface area contributed by atoms with Crippen molar-refractivity contribution in [3.8, 4) is 0 Å². The van der Waals surface area contributed by atoms with Crippen LogP contribution in [0.15, 0.2) is 60.8 Å². The number of esters is 2. The highest BCUT2D eigenvalue weighted by Gasteiger charge is 2.25. The number of aliphatic carboxylic acids is 1. The molecule has 0 heterocycles. The van der Waals surface area contributed by atoms with E-state index >= 15 is 0 Å². The monoisotopic (exact) mass is 870 g/mol. The largest absolute Gasteiger partial charge is 0.544 e. The van der Waals surface area contributed by atoms with Crippen molar-refractivity contribution in [2.24, 2.45) is 0 Å². The molecular weight excluding hydrogens is 775 g/mol. The van der Waals surface area contributed by atoms with E-state index in [-0.39, 0.29) is 49.1 Å². The molecule has 0 bridgehead atoms. The molecule has 0 aliphatic rings. The molecule has 0 aliphatic heterocycles. The van der Waals surface area contributed by atoms with Crippen LogP contribution in [0.2, 0.25) is 0 Å². The van der Waals surface area contributed by atoms with E-state index in [1.165, 1.54) is 116 Å². The van der Waals surface area contributed by atoms with Crippen LogP contribution in [-0.4, -0.2) is 75.5 Å². The average Bonchev–Trinajstić information content (AvgIpc) is 3.23. The van der Waals surface area contributed by atoms with Crippen LogP contribution in [-0.2, 0) is 28.6 Å². The van der Waals surface area contributed by atoms with Crippen molar-refractivity contribution in [2.45, 2.75) is 225 Å². The molecule has 0 fully saturated rings. The van der Waals surface area contributed by atoms with E-state index in [9.17, 15) is 19.5 Å². The minimum Gasteiger partial charge on any atom is -0.544 e. The highest BCUT2D eigenvalue weighted by atomic mass is 16.6. The van der Waals surface area contributed by atoms with Crippen molar-refractivity contribution < 1.29 is 38.2 Å². The minimum atomic E-state index is -1.13. The number of carboxylic acid groups (broad SMARTS) is 1. The Morgan fingerprint density at radius 2 is 0.903 bits per heavy atom. The molecule has 0 saturated carbocycles. The van der Waals surface area contributed by atoms with E-state index in [0.29, 0.717) is 12.8 Å². The zero-order valence-corrected chi connectivity index (χ0v) is 40.8. The number of carbonyl (C=O) groups excluding carboxylic acids is 3. The summed E-state index contributed by atoms with van der Waals surface area (Å²) in [6.07, 6.45) is 55.5. The number of hydrogen-bond donors (Lipinski definition) is 0. The number of rotatable bonds is 45. The summed E-state index contributed by atoms with van der Waals surface area (Å²) in [5, 5.41) is 11.6. The molecule has 0 radical (unpaired) electrons. The summed E-state index contributed by atoms with van der Waals surface area (Å²) in [4.78, 5) is 37.0. The second-order valence-corrected chi connectivity index (χ2v) is 18.0. The van der Waals surface area contributed by atoms with Crippen molar-refractivity contribution >= 4 is 17.9 Å². The van der Waals surface area contributed by atoms with Crippen LogP contribution >= 0.6 is 0 Å². The maximum atomic E-state index is 12.7. The van der Waals surface area contributed by atoms with Gasteiger partial charge in [0, 0.05) is 19.3 Å². The average molecular weight is 870 g/mol. The summed E-state index contributed by atoms with van der Waals surface area (Å²) >= 11 is 0. The summed E-state index contributed by atoms with van der Waals surface area (Å²) < 4.78 is 17.2. The van der Waals surface area contributed by atoms with Crippen LogP contribution in [0, 0.1) is 0 Å². The van der Waals surface area contributed by atoms with Gasteiger partial charge in [-0.25, -0.2) is 0 Å². The van der Waals surface area contributed by atoms with Gasteiger partial charge >= 0.3 is 11.9 Å². The van der Waals surface area contributed by atoms with Crippen LogP contribution in [0.3, 0.4) is 0 Å². The molecule has 0 amide bonds. The fourth-order valence-corrected chi connectivity index (χ4v) is 7.23. The summed E-state index contributed by atoms with van der Waals surface area (Å²) in [6, 6.07) is -0.735. The molecule has 0 N–H and O–H groups in total. The first-order chi connectivity index (χ1) is 30.1. The maximum Gasteiger partial charge on any atom is 0.306 e. The number of carboxylic acids is 1. The molecule has 0 aromatic carbocycles. The third-order valence-electron chi connectivity index (χ3n) is 11.1. The van der Waals surface area contributed by atoms with Crippen LogP contribution in [0.25, 0.3) is 0 Å². The van der Waals surface area contributed by atoms with Gasteiger partial charge in [0.15, 0.2) is 6.10 Å². The molecule has 2 unspecified atom stereocenters.